The Morgan fingerprint density at radius 1 is 1.47 bits per heavy atom. The largest absolute Gasteiger partial charge is 0.336 e. The second kappa shape index (κ2) is 3.32. The summed E-state index contributed by atoms with van der Waals surface area (Å²) in [7, 11) is 2.11. The van der Waals surface area contributed by atoms with Crippen LogP contribution in [-0.2, 0) is 19.0 Å². The smallest absolute Gasteiger partial charge is 0.0949 e. The fourth-order valence-electron chi connectivity index (χ4n) is 3.04. The third-order valence-electron chi connectivity index (χ3n) is 3.68. The molecule has 3 rings (SSSR count). The molecule has 1 unspecified atom stereocenters. The monoisotopic (exact) mass is 206 g/mol. The van der Waals surface area contributed by atoms with Gasteiger partial charge in [-0.1, -0.05) is 0 Å². The molecule has 0 amide bonds. The Labute approximate surface area is 90.1 Å². The Kier molecular flexibility index (Phi) is 2.07. The number of imidazole rings is 1. The summed E-state index contributed by atoms with van der Waals surface area (Å²) in [5.74, 6) is 0. The first-order valence-electron chi connectivity index (χ1n) is 5.78. The molecule has 0 aromatic carbocycles. The second-order valence-corrected chi connectivity index (χ2v) is 4.69. The van der Waals surface area contributed by atoms with Crippen molar-refractivity contribution in [3.63, 3.8) is 0 Å². The first-order chi connectivity index (χ1) is 7.32. The van der Waals surface area contributed by atoms with Crippen LogP contribution in [0.1, 0.15) is 24.2 Å². The number of aryl methyl sites for hydroxylation is 1. The maximum absolute atomic E-state index is 4.50. The van der Waals surface area contributed by atoms with Crippen LogP contribution in [0.3, 0.4) is 0 Å². The van der Waals surface area contributed by atoms with Gasteiger partial charge >= 0.3 is 0 Å². The molecule has 15 heavy (non-hydrogen) atoms. The van der Waals surface area contributed by atoms with Gasteiger partial charge in [0.1, 0.15) is 0 Å². The van der Waals surface area contributed by atoms with Crippen molar-refractivity contribution in [2.24, 2.45) is 7.05 Å². The van der Waals surface area contributed by atoms with Gasteiger partial charge in [0, 0.05) is 26.6 Å². The zero-order chi connectivity index (χ0) is 10.3. The van der Waals surface area contributed by atoms with Crippen LogP contribution >= 0.6 is 0 Å². The minimum absolute atomic E-state index is 0.150. The zero-order valence-electron chi connectivity index (χ0n) is 9.21. The summed E-state index contributed by atoms with van der Waals surface area (Å²) in [6.45, 7) is 3.25. The Balaban J connectivity index is 2.06. The van der Waals surface area contributed by atoms with Crippen molar-refractivity contribution in [2.45, 2.75) is 24.8 Å². The fraction of sp³-hybridized carbons (Fsp3) is 0.727. The molecule has 0 bridgehead atoms. The van der Waals surface area contributed by atoms with Crippen molar-refractivity contribution in [3.8, 4) is 0 Å². The summed E-state index contributed by atoms with van der Waals surface area (Å²) in [5, 5.41) is 7.19. The number of nitrogens with zero attached hydrogens (tertiary/aromatic N) is 2. The van der Waals surface area contributed by atoms with Gasteiger partial charge in [-0.2, -0.15) is 0 Å². The van der Waals surface area contributed by atoms with Crippen LogP contribution in [0, 0.1) is 0 Å². The molecule has 2 aliphatic rings. The van der Waals surface area contributed by atoms with Gasteiger partial charge in [-0.05, 0) is 19.4 Å². The lowest BCUT2D eigenvalue weighted by atomic mass is 9.82. The first-order valence-corrected chi connectivity index (χ1v) is 5.78. The van der Waals surface area contributed by atoms with Crippen molar-refractivity contribution >= 4 is 0 Å². The van der Waals surface area contributed by atoms with E-state index < -0.39 is 0 Å². The number of rotatable bonds is 0. The number of piperidine rings is 1. The Bertz CT molecular complexity index is 363. The van der Waals surface area contributed by atoms with Crippen molar-refractivity contribution in [3.05, 3.63) is 17.7 Å². The first kappa shape index (κ1) is 9.36. The third-order valence-corrected chi connectivity index (χ3v) is 3.68. The van der Waals surface area contributed by atoms with E-state index >= 15 is 0 Å². The average molecular weight is 206 g/mol. The van der Waals surface area contributed by atoms with E-state index in [1.807, 2.05) is 6.33 Å². The molecule has 1 saturated heterocycles. The van der Waals surface area contributed by atoms with Crippen LogP contribution in [-0.4, -0.2) is 29.2 Å². The van der Waals surface area contributed by atoms with Crippen LogP contribution in [0.5, 0.6) is 0 Å². The quantitative estimate of drug-likeness (QED) is 0.634. The molecule has 1 fully saturated rings. The van der Waals surface area contributed by atoms with E-state index in [0.717, 1.165) is 26.1 Å². The highest BCUT2D eigenvalue weighted by atomic mass is 15.2. The van der Waals surface area contributed by atoms with Crippen LogP contribution in [0.4, 0.5) is 0 Å². The molecule has 0 saturated carbocycles. The molecular formula is C11H18N4. The standard InChI is InChI=1S/C11H18N4/c1-15-8-13-9-3-6-14-11(10(9)15)4-2-5-12-7-11/h8,12,14H,2-7H2,1H3. The molecule has 1 aromatic rings. The molecule has 4 heteroatoms. The van der Waals surface area contributed by atoms with Crippen molar-refractivity contribution in [1.29, 1.82) is 0 Å². The van der Waals surface area contributed by atoms with E-state index in [2.05, 4.69) is 27.2 Å². The molecule has 0 aliphatic carbocycles. The second-order valence-electron chi connectivity index (χ2n) is 4.69. The summed E-state index contributed by atoms with van der Waals surface area (Å²) in [6.07, 6.45) is 5.50. The molecule has 1 atom stereocenters. The lowest BCUT2D eigenvalue weighted by Crippen LogP contribution is -2.57. The van der Waals surface area contributed by atoms with Gasteiger partial charge in [0.2, 0.25) is 0 Å². The zero-order valence-corrected chi connectivity index (χ0v) is 9.21. The van der Waals surface area contributed by atoms with Gasteiger partial charge in [0.05, 0.1) is 23.3 Å². The summed E-state index contributed by atoms with van der Waals surface area (Å²) >= 11 is 0. The van der Waals surface area contributed by atoms with Crippen LogP contribution in [0.15, 0.2) is 6.33 Å². The van der Waals surface area contributed by atoms with Gasteiger partial charge in [-0.25, -0.2) is 4.98 Å². The summed E-state index contributed by atoms with van der Waals surface area (Å²) in [4.78, 5) is 4.50. The third kappa shape index (κ3) is 1.32. The Morgan fingerprint density at radius 3 is 3.20 bits per heavy atom. The normalized spacial score (nSPS) is 30.5. The van der Waals surface area contributed by atoms with Gasteiger partial charge in [-0.3, -0.25) is 0 Å². The van der Waals surface area contributed by atoms with Crippen molar-refractivity contribution in [1.82, 2.24) is 20.2 Å². The number of aromatic nitrogens is 2. The lowest BCUT2D eigenvalue weighted by Gasteiger charge is -2.42. The number of fused-ring (bicyclic) bond motifs is 2. The van der Waals surface area contributed by atoms with Crippen LogP contribution in [0.25, 0.3) is 0 Å². The lowest BCUT2D eigenvalue weighted by molar-refractivity contribution is 0.228. The van der Waals surface area contributed by atoms with Gasteiger partial charge < -0.3 is 15.2 Å². The molecule has 82 valence electrons. The fourth-order valence-corrected chi connectivity index (χ4v) is 3.04. The van der Waals surface area contributed by atoms with Gasteiger partial charge in [0.25, 0.3) is 0 Å². The van der Waals surface area contributed by atoms with E-state index in [9.17, 15) is 0 Å². The van der Waals surface area contributed by atoms with Gasteiger partial charge in [0.15, 0.2) is 0 Å². The van der Waals surface area contributed by atoms with E-state index in [1.165, 1.54) is 24.2 Å². The number of hydrogen-bond donors (Lipinski definition) is 2. The van der Waals surface area contributed by atoms with Gasteiger partial charge in [-0.15, -0.1) is 0 Å². The minimum Gasteiger partial charge on any atom is -0.336 e. The summed E-state index contributed by atoms with van der Waals surface area (Å²) in [5.41, 5.74) is 2.85. The SMILES string of the molecule is Cn1cnc2c1C1(CCCNC1)NCC2. The molecule has 3 heterocycles. The highest BCUT2D eigenvalue weighted by Crippen LogP contribution is 2.32. The number of nitrogens with one attached hydrogen (secondary N) is 2. The molecule has 1 aromatic heterocycles. The highest BCUT2D eigenvalue weighted by Gasteiger charge is 2.40. The number of hydrogen-bond acceptors (Lipinski definition) is 3. The summed E-state index contributed by atoms with van der Waals surface area (Å²) < 4.78 is 2.19. The molecule has 2 N–H and O–H groups in total. The highest BCUT2D eigenvalue weighted by molar-refractivity contribution is 5.27. The molecule has 1 spiro atoms. The topological polar surface area (TPSA) is 41.9 Å². The average Bonchev–Trinajstić information content (AvgIpc) is 2.63. The minimum atomic E-state index is 0.150. The van der Waals surface area contributed by atoms with Crippen LogP contribution in [0.2, 0.25) is 0 Å². The molecule has 2 aliphatic heterocycles. The van der Waals surface area contributed by atoms with Crippen molar-refractivity contribution in [2.75, 3.05) is 19.6 Å². The molecule has 0 radical (unpaired) electrons. The predicted molar refractivity (Wildman–Crippen MR) is 58.7 cm³/mol. The predicted octanol–water partition coefficient (Wildman–Crippen LogP) is 0.145. The Hall–Kier alpha value is -0.870. The Morgan fingerprint density at radius 2 is 2.40 bits per heavy atom. The summed E-state index contributed by atoms with van der Waals surface area (Å²) in [6, 6.07) is 0. The van der Waals surface area contributed by atoms with E-state index in [0.29, 0.717) is 0 Å². The van der Waals surface area contributed by atoms with E-state index in [-0.39, 0.29) is 5.54 Å². The van der Waals surface area contributed by atoms with Crippen LogP contribution < -0.4 is 10.6 Å². The molecular weight excluding hydrogens is 188 g/mol. The maximum atomic E-state index is 4.50. The maximum Gasteiger partial charge on any atom is 0.0949 e. The van der Waals surface area contributed by atoms with E-state index in [4.69, 9.17) is 0 Å². The molecule has 4 nitrogen and oxygen atoms in total. The van der Waals surface area contributed by atoms with E-state index in [1.54, 1.807) is 0 Å². The van der Waals surface area contributed by atoms with Crippen molar-refractivity contribution < 1.29 is 0 Å².